The van der Waals surface area contributed by atoms with Crippen LogP contribution >= 0.6 is 22.6 Å². The fraction of sp³-hybridized carbons (Fsp3) is 1.00. The number of hydrogen-bond acceptors (Lipinski definition) is 3. The molecule has 0 aromatic carbocycles. The highest BCUT2D eigenvalue weighted by molar-refractivity contribution is 14.1. The van der Waals surface area contributed by atoms with E-state index in [1.54, 1.807) is 0 Å². The van der Waals surface area contributed by atoms with Gasteiger partial charge in [-0.15, -0.1) is 0 Å². The lowest BCUT2D eigenvalue weighted by molar-refractivity contribution is -0.0497. The highest BCUT2D eigenvalue weighted by Gasteiger charge is 2.37. The molecule has 1 aliphatic rings. The van der Waals surface area contributed by atoms with E-state index in [4.69, 9.17) is 9.84 Å². The molecule has 1 heterocycles. The summed E-state index contributed by atoms with van der Waals surface area (Å²) < 4.78 is 5.99. The summed E-state index contributed by atoms with van der Waals surface area (Å²) in [6.07, 6.45) is 1.14. The third-order valence-electron chi connectivity index (χ3n) is 1.96. The fourth-order valence-electron chi connectivity index (χ4n) is 1.23. The SMILES string of the molecule is C[C@]1(OCCO)NCCC1I. The first kappa shape index (κ1) is 9.70. The predicted octanol–water partition coefficient (Wildman–Crippen LogP) is 0.508. The smallest absolute Gasteiger partial charge is 0.128 e. The Labute approximate surface area is 80.6 Å². The van der Waals surface area contributed by atoms with E-state index in [0.29, 0.717) is 10.5 Å². The molecule has 0 bridgehead atoms. The molecule has 1 aliphatic heterocycles. The van der Waals surface area contributed by atoms with Crippen LogP contribution in [0.1, 0.15) is 13.3 Å². The molecule has 1 saturated heterocycles. The van der Waals surface area contributed by atoms with E-state index in [1.165, 1.54) is 0 Å². The minimum absolute atomic E-state index is 0.0978. The lowest BCUT2D eigenvalue weighted by Crippen LogP contribution is -2.45. The van der Waals surface area contributed by atoms with Gasteiger partial charge in [0.15, 0.2) is 0 Å². The van der Waals surface area contributed by atoms with Gasteiger partial charge in [0.05, 0.1) is 17.1 Å². The summed E-state index contributed by atoms with van der Waals surface area (Å²) in [4.78, 5) is 0. The summed E-state index contributed by atoms with van der Waals surface area (Å²) in [5, 5.41) is 11.8. The topological polar surface area (TPSA) is 41.5 Å². The van der Waals surface area contributed by atoms with Gasteiger partial charge in [0.25, 0.3) is 0 Å². The van der Waals surface area contributed by atoms with Crippen LogP contribution in [0.5, 0.6) is 0 Å². The lowest BCUT2D eigenvalue weighted by atomic mass is 10.2. The molecule has 2 atom stereocenters. The molecule has 1 rings (SSSR count). The van der Waals surface area contributed by atoms with Crippen molar-refractivity contribution in [3.05, 3.63) is 0 Å². The first-order valence-corrected chi connectivity index (χ1v) is 5.07. The molecular formula is C7H14INO2. The van der Waals surface area contributed by atoms with Crippen LogP contribution in [0, 0.1) is 0 Å². The Morgan fingerprint density at radius 3 is 3.00 bits per heavy atom. The molecule has 0 aromatic heterocycles. The van der Waals surface area contributed by atoms with Crippen LogP contribution in [0.4, 0.5) is 0 Å². The van der Waals surface area contributed by atoms with Crippen molar-refractivity contribution in [3.63, 3.8) is 0 Å². The van der Waals surface area contributed by atoms with Crippen molar-refractivity contribution in [2.45, 2.75) is 23.0 Å². The lowest BCUT2D eigenvalue weighted by Gasteiger charge is -2.28. The number of aliphatic hydroxyl groups is 1. The normalized spacial score (nSPS) is 37.9. The van der Waals surface area contributed by atoms with Gasteiger partial charge in [-0.1, -0.05) is 22.6 Å². The molecule has 66 valence electrons. The summed E-state index contributed by atoms with van der Waals surface area (Å²) in [6, 6.07) is 0. The number of ether oxygens (including phenoxy) is 1. The molecule has 1 fully saturated rings. The van der Waals surface area contributed by atoms with E-state index in [0.717, 1.165) is 13.0 Å². The van der Waals surface area contributed by atoms with Gasteiger partial charge in [-0.3, -0.25) is 5.32 Å². The van der Waals surface area contributed by atoms with Crippen LogP contribution in [0.25, 0.3) is 0 Å². The summed E-state index contributed by atoms with van der Waals surface area (Å²) in [6.45, 7) is 3.56. The van der Waals surface area contributed by atoms with Crippen LogP contribution in [-0.2, 0) is 4.74 Å². The number of halogens is 1. The molecular weight excluding hydrogens is 257 g/mol. The maximum atomic E-state index is 8.57. The molecule has 4 heteroatoms. The van der Waals surface area contributed by atoms with Crippen molar-refractivity contribution >= 4 is 22.6 Å². The second-order valence-corrected chi connectivity index (χ2v) is 4.37. The van der Waals surface area contributed by atoms with E-state index in [1.807, 2.05) is 6.92 Å². The minimum Gasteiger partial charge on any atom is -0.394 e. The Morgan fingerprint density at radius 2 is 2.55 bits per heavy atom. The van der Waals surface area contributed by atoms with Gasteiger partial charge < -0.3 is 9.84 Å². The molecule has 0 radical (unpaired) electrons. The first-order valence-electron chi connectivity index (χ1n) is 3.83. The highest BCUT2D eigenvalue weighted by atomic mass is 127. The van der Waals surface area contributed by atoms with Crippen molar-refractivity contribution in [2.75, 3.05) is 19.8 Å². The molecule has 0 saturated carbocycles. The van der Waals surface area contributed by atoms with Crippen molar-refractivity contribution in [1.82, 2.24) is 5.32 Å². The van der Waals surface area contributed by atoms with Gasteiger partial charge in [-0.05, 0) is 19.9 Å². The molecule has 1 unspecified atom stereocenters. The first-order chi connectivity index (χ1) is 5.19. The van der Waals surface area contributed by atoms with E-state index in [-0.39, 0.29) is 12.3 Å². The second-order valence-electron chi connectivity index (χ2n) is 2.86. The number of nitrogens with one attached hydrogen (secondary N) is 1. The fourth-order valence-corrected chi connectivity index (χ4v) is 1.94. The Morgan fingerprint density at radius 1 is 1.82 bits per heavy atom. The molecule has 11 heavy (non-hydrogen) atoms. The van der Waals surface area contributed by atoms with E-state index in [9.17, 15) is 0 Å². The maximum Gasteiger partial charge on any atom is 0.128 e. The van der Waals surface area contributed by atoms with Crippen molar-refractivity contribution in [1.29, 1.82) is 0 Å². The van der Waals surface area contributed by atoms with Gasteiger partial charge in [0, 0.05) is 0 Å². The average molecular weight is 271 g/mol. The quantitative estimate of drug-likeness (QED) is 0.580. The zero-order valence-electron chi connectivity index (χ0n) is 6.64. The Balaban J connectivity index is 2.38. The molecule has 0 amide bonds. The average Bonchev–Trinajstić information content (AvgIpc) is 2.30. The molecule has 3 nitrogen and oxygen atoms in total. The summed E-state index contributed by atoms with van der Waals surface area (Å²) in [5.41, 5.74) is -0.219. The second kappa shape index (κ2) is 4.02. The van der Waals surface area contributed by atoms with E-state index in [2.05, 4.69) is 27.9 Å². The van der Waals surface area contributed by atoms with Gasteiger partial charge in [0.1, 0.15) is 5.72 Å². The van der Waals surface area contributed by atoms with Crippen molar-refractivity contribution in [3.8, 4) is 0 Å². The van der Waals surface area contributed by atoms with Crippen LogP contribution in [-0.4, -0.2) is 34.5 Å². The number of alkyl halides is 1. The zero-order valence-corrected chi connectivity index (χ0v) is 8.80. The maximum absolute atomic E-state index is 8.57. The number of hydrogen-bond donors (Lipinski definition) is 2. The molecule has 0 aromatic rings. The van der Waals surface area contributed by atoms with Gasteiger partial charge >= 0.3 is 0 Å². The van der Waals surface area contributed by atoms with E-state index < -0.39 is 0 Å². The minimum atomic E-state index is -0.219. The molecule has 0 aliphatic carbocycles. The molecule has 0 spiro atoms. The van der Waals surface area contributed by atoms with Crippen LogP contribution < -0.4 is 5.32 Å². The zero-order chi connectivity index (χ0) is 8.32. The Kier molecular flexibility index (Phi) is 3.54. The van der Waals surface area contributed by atoms with Crippen LogP contribution in [0.15, 0.2) is 0 Å². The third-order valence-corrected chi connectivity index (χ3v) is 3.78. The van der Waals surface area contributed by atoms with Gasteiger partial charge in [-0.2, -0.15) is 0 Å². The number of aliphatic hydroxyl groups excluding tert-OH is 1. The van der Waals surface area contributed by atoms with Crippen LogP contribution in [0.3, 0.4) is 0 Å². The standard InChI is InChI=1S/C7H14INO2/c1-7(11-5-4-10)6(8)2-3-9-7/h6,9-10H,2-5H2,1H3/t6?,7-/m1/s1. The van der Waals surface area contributed by atoms with Crippen molar-refractivity contribution < 1.29 is 9.84 Å². The third kappa shape index (κ3) is 2.27. The van der Waals surface area contributed by atoms with Gasteiger partial charge in [0.2, 0.25) is 0 Å². The highest BCUT2D eigenvalue weighted by Crippen LogP contribution is 2.27. The Hall–Kier alpha value is 0.610. The summed E-state index contributed by atoms with van der Waals surface area (Å²) in [7, 11) is 0. The monoisotopic (exact) mass is 271 g/mol. The summed E-state index contributed by atoms with van der Waals surface area (Å²) in [5.74, 6) is 0. The predicted molar refractivity (Wildman–Crippen MR) is 51.9 cm³/mol. The molecule has 2 N–H and O–H groups in total. The van der Waals surface area contributed by atoms with Crippen LogP contribution in [0.2, 0.25) is 0 Å². The van der Waals surface area contributed by atoms with Gasteiger partial charge in [-0.25, -0.2) is 0 Å². The summed E-state index contributed by atoms with van der Waals surface area (Å²) >= 11 is 2.38. The van der Waals surface area contributed by atoms with Crippen molar-refractivity contribution in [2.24, 2.45) is 0 Å². The Bertz CT molecular complexity index is 134. The largest absolute Gasteiger partial charge is 0.394 e. The number of rotatable bonds is 3. The van der Waals surface area contributed by atoms with E-state index >= 15 is 0 Å².